The number of rotatable bonds is 6. The SMILES string of the molecule is COC1CCCN(c2ccc(NC(=O)CNC(=O)c3ccccc3)cc2)C1. The molecule has 1 heterocycles. The first-order chi connectivity index (χ1) is 13.2. The number of carbonyl (C=O) groups is 2. The highest BCUT2D eigenvalue weighted by Gasteiger charge is 2.19. The molecular weight excluding hydrogens is 342 g/mol. The fraction of sp³-hybridized carbons (Fsp3) is 0.333. The van der Waals surface area contributed by atoms with E-state index in [0.29, 0.717) is 11.3 Å². The monoisotopic (exact) mass is 367 g/mol. The molecule has 1 aliphatic heterocycles. The number of ether oxygens (including phenoxy) is 1. The molecule has 3 rings (SSSR count). The topological polar surface area (TPSA) is 70.7 Å². The second-order valence-corrected chi connectivity index (χ2v) is 6.59. The van der Waals surface area contributed by atoms with Crippen molar-refractivity contribution >= 4 is 23.2 Å². The average Bonchev–Trinajstić information content (AvgIpc) is 2.73. The molecule has 1 saturated heterocycles. The summed E-state index contributed by atoms with van der Waals surface area (Å²) in [7, 11) is 1.75. The van der Waals surface area contributed by atoms with E-state index in [2.05, 4.69) is 15.5 Å². The van der Waals surface area contributed by atoms with Crippen molar-refractivity contribution in [3.05, 3.63) is 60.2 Å². The minimum Gasteiger partial charge on any atom is -0.380 e. The molecular formula is C21H25N3O3. The lowest BCUT2D eigenvalue weighted by molar-refractivity contribution is -0.115. The van der Waals surface area contributed by atoms with Crippen LogP contribution in [-0.2, 0) is 9.53 Å². The molecule has 2 aromatic carbocycles. The van der Waals surface area contributed by atoms with Crippen molar-refractivity contribution in [2.24, 2.45) is 0 Å². The van der Waals surface area contributed by atoms with E-state index >= 15 is 0 Å². The normalized spacial score (nSPS) is 16.6. The van der Waals surface area contributed by atoms with E-state index in [-0.39, 0.29) is 24.5 Å². The molecule has 0 saturated carbocycles. The number of methoxy groups -OCH3 is 1. The van der Waals surface area contributed by atoms with Gasteiger partial charge in [0.05, 0.1) is 12.6 Å². The van der Waals surface area contributed by atoms with E-state index < -0.39 is 0 Å². The fourth-order valence-electron chi connectivity index (χ4n) is 3.18. The molecule has 2 amide bonds. The molecule has 0 radical (unpaired) electrons. The van der Waals surface area contributed by atoms with Gasteiger partial charge in [-0.3, -0.25) is 9.59 Å². The average molecular weight is 367 g/mol. The van der Waals surface area contributed by atoms with Gasteiger partial charge < -0.3 is 20.3 Å². The predicted octanol–water partition coefficient (Wildman–Crippen LogP) is 2.67. The number of carbonyl (C=O) groups excluding carboxylic acids is 2. The number of benzene rings is 2. The Balaban J connectivity index is 1.49. The molecule has 1 aliphatic rings. The maximum atomic E-state index is 12.1. The van der Waals surface area contributed by atoms with Gasteiger partial charge in [-0.25, -0.2) is 0 Å². The van der Waals surface area contributed by atoms with Crippen LogP contribution in [0, 0.1) is 0 Å². The third kappa shape index (κ3) is 5.31. The summed E-state index contributed by atoms with van der Waals surface area (Å²) in [4.78, 5) is 26.3. The summed E-state index contributed by atoms with van der Waals surface area (Å²) in [5.74, 6) is -0.525. The van der Waals surface area contributed by atoms with Gasteiger partial charge in [0.2, 0.25) is 5.91 Å². The lowest BCUT2D eigenvalue weighted by atomic mass is 10.1. The quantitative estimate of drug-likeness (QED) is 0.824. The van der Waals surface area contributed by atoms with Gasteiger partial charge >= 0.3 is 0 Å². The van der Waals surface area contributed by atoms with Gasteiger partial charge in [0, 0.05) is 37.1 Å². The minimum atomic E-state index is -0.265. The zero-order valence-electron chi connectivity index (χ0n) is 15.5. The van der Waals surface area contributed by atoms with E-state index in [9.17, 15) is 9.59 Å². The molecule has 1 atom stereocenters. The molecule has 27 heavy (non-hydrogen) atoms. The van der Waals surface area contributed by atoms with Crippen LogP contribution in [0.5, 0.6) is 0 Å². The Morgan fingerprint density at radius 1 is 1.11 bits per heavy atom. The predicted molar refractivity (Wildman–Crippen MR) is 106 cm³/mol. The Bertz CT molecular complexity index is 762. The Kier molecular flexibility index (Phi) is 6.44. The highest BCUT2D eigenvalue weighted by Crippen LogP contribution is 2.22. The summed E-state index contributed by atoms with van der Waals surface area (Å²) >= 11 is 0. The Hall–Kier alpha value is -2.86. The van der Waals surface area contributed by atoms with Crippen molar-refractivity contribution in [2.45, 2.75) is 18.9 Å². The number of hydrogen-bond donors (Lipinski definition) is 2. The molecule has 6 heteroatoms. The summed E-state index contributed by atoms with van der Waals surface area (Å²) in [6.45, 7) is 1.82. The summed E-state index contributed by atoms with van der Waals surface area (Å²) in [6, 6.07) is 16.6. The van der Waals surface area contributed by atoms with Crippen molar-refractivity contribution in [3.8, 4) is 0 Å². The number of piperidine rings is 1. The summed E-state index contributed by atoms with van der Waals surface area (Å²) in [5.41, 5.74) is 2.36. The third-order valence-electron chi connectivity index (χ3n) is 4.67. The highest BCUT2D eigenvalue weighted by molar-refractivity contribution is 5.99. The molecule has 2 N–H and O–H groups in total. The molecule has 0 aliphatic carbocycles. The van der Waals surface area contributed by atoms with Crippen LogP contribution in [0.15, 0.2) is 54.6 Å². The first-order valence-corrected chi connectivity index (χ1v) is 9.16. The summed E-state index contributed by atoms with van der Waals surface area (Å²) in [6.07, 6.45) is 2.47. The van der Waals surface area contributed by atoms with Gasteiger partial charge in [0.25, 0.3) is 5.91 Å². The summed E-state index contributed by atoms with van der Waals surface area (Å²) < 4.78 is 5.46. The number of nitrogens with one attached hydrogen (secondary N) is 2. The van der Waals surface area contributed by atoms with E-state index in [1.54, 1.807) is 31.4 Å². The zero-order chi connectivity index (χ0) is 19.1. The Labute approximate surface area is 159 Å². The van der Waals surface area contributed by atoms with Crippen molar-refractivity contribution in [1.29, 1.82) is 0 Å². The molecule has 1 fully saturated rings. The van der Waals surface area contributed by atoms with Gasteiger partial charge in [-0.15, -0.1) is 0 Å². The number of amides is 2. The minimum absolute atomic E-state index is 0.0723. The second kappa shape index (κ2) is 9.19. The van der Waals surface area contributed by atoms with Crippen molar-refractivity contribution in [1.82, 2.24) is 5.32 Å². The van der Waals surface area contributed by atoms with Crippen LogP contribution >= 0.6 is 0 Å². The van der Waals surface area contributed by atoms with Crippen LogP contribution < -0.4 is 15.5 Å². The van der Waals surface area contributed by atoms with Crippen LogP contribution in [0.3, 0.4) is 0 Å². The first kappa shape index (κ1) is 18.9. The van der Waals surface area contributed by atoms with Gasteiger partial charge in [0.15, 0.2) is 0 Å². The van der Waals surface area contributed by atoms with E-state index in [1.807, 2.05) is 30.3 Å². The highest BCUT2D eigenvalue weighted by atomic mass is 16.5. The van der Waals surface area contributed by atoms with E-state index in [0.717, 1.165) is 31.6 Å². The molecule has 142 valence electrons. The molecule has 1 unspecified atom stereocenters. The van der Waals surface area contributed by atoms with Crippen LogP contribution in [0.2, 0.25) is 0 Å². The Morgan fingerprint density at radius 2 is 1.85 bits per heavy atom. The number of hydrogen-bond acceptors (Lipinski definition) is 4. The maximum Gasteiger partial charge on any atom is 0.251 e. The summed E-state index contributed by atoms with van der Waals surface area (Å²) in [5, 5.41) is 5.42. The first-order valence-electron chi connectivity index (χ1n) is 9.16. The van der Waals surface area contributed by atoms with E-state index in [1.165, 1.54) is 0 Å². The van der Waals surface area contributed by atoms with Crippen LogP contribution in [-0.4, -0.2) is 44.7 Å². The fourth-order valence-corrected chi connectivity index (χ4v) is 3.18. The van der Waals surface area contributed by atoms with Gasteiger partial charge in [0.1, 0.15) is 0 Å². The largest absolute Gasteiger partial charge is 0.380 e. The molecule has 0 aromatic heterocycles. The Morgan fingerprint density at radius 3 is 2.56 bits per heavy atom. The zero-order valence-corrected chi connectivity index (χ0v) is 15.5. The van der Waals surface area contributed by atoms with Crippen LogP contribution in [0.25, 0.3) is 0 Å². The third-order valence-corrected chi connectivity index (χ3v) is 4.67. The van der Waals surface area contributed by atoms with Gasteiger partial charge in [-0.05, 0) is 49.2 Å². The second-order valence-electron chi connectivity index (χ2n) is 6.59. The number of nitrogens with zero attached hydrogens (tertiary/aromatic N) is 1. The molecule has 0 bridgehead atoms. The maximum absolute atomic E-state index is 12.1. The molecule has 0 spiro atoms. The van der Waals surface area contributed by atoms with Crippen molar-refractivity contribution < 1.29 is 14.3 Å². The number of anilines is 2. The molecule has 2 aromatic rings. The lowest BCUT2D eigenvalue weighted by Crippen LogP contribution is -2.39. The van der Waals surface area contributed by atoms with Crippen LogP contribution in [0.1, 0.15) is 23.2 Å². The van der Waals surface area contributed by atoms with Gasteiger partial charge in [-0.1, -0.05) is 18.2 Å². The van der Waals surface area contributed by atoms with E-state index in [4.69, 9.17) is 4.74 Å². The standard InChI is InChI=1S/C21H25N3O3/c1-27-19-8-5-13-24(15-19)18-11-9-17(10-12-18)23-20(25)14-22-21(26)16-6-3-2-4-7-16/h2-4,6-7,9-12,19H,5,8,13-15H2,1H3,(H,22,26)(H,23,25). The van der Waals surface area contributed by atoms with Crippen LogP contribution in [0.4, 0.5) is 11.4 Å². The van der Waals surface area contributed by atoms with Crippen molar-refractivity contribution in [3.63, 3.8) is 0 Å². The lowest BCUT2D eigenvalue weighted by Gasteiger charge is -2.33. The van der Waals surface area contributed by atoms with Crippen molar-refractivity contribution in [2.75, 3.05) is 37.0 Å². The smallest absolute Gasteiger partial charge is 0.251 e. The van der Waals surface area contributed by atoms with Gasteiger partial charge in [-0.2, -0.15) is 0 Å². The molecule has 6 nitrogen and oxygen atoms in total.